The second kappa shape index (κ2) is 6.22. The zero-order chi connectivity index (χ0) is 15.7. The smallest absolute Gasteiger partial charge is 0.262 e. The van der Waals surface area contributed by atoms with Gasteiger partial charge in [-0.25, -0.2) is 0 Å². The maximum Gasteiger partial charge on any atom is 0.262 e. The van der Waals surface area contributed by atoms with Crippen molar-refractivity contribution in [3.63, 3.8) is 0 Å². The maximum absolute atomic E-state index is 12.6. The number of hydrogen-bond acceptors (Lipinski definition) is 3. The summed E-state index contributed by atoms with van der Waals surface area (Å²) < 4.78 is 6.20. The molecule has 112 valence electrons. The van der Waals surface area contributed by atoms with Crippen molar-refractivity contribution in [2.24, 2.45) is 0 Å². The van der Waals surface area contributed by atoms with Gasteiger partial charge in [-0.15, -0.1) is 0 Å². The number of anilines is 1. The van der Waals surface area contributed by atoms with E-state index in [4.69, 9.17) is 4.74 Å². The summed E-state index contributed by atoms with van der Waals surface area (Å²) >= 11 is 6.84. The lowest BCUT2D eigenvalue weighted by Gasteiger charge is -2.19. The predicted molar refractivity (Wildman–Crippen MR) is 90.7 cm³/mol. The summed E-state index contributed by atoms with van der Waals surface area (Å²) in [7, 11) is 0. The van der Waals surface area contributed by atoms with Crippen molar-refractivity contribution in [2.45, 2.75) is 4.83 Å². The number of rotatable bonds is 3. The Morgan fingerprint density at radius 2 is 2.05 bits per heavy atom. The largest absolute Gasteiger partial charge is 0.482 e. The molecule has 0 saturated heterocycles. The Kier molecular flexibility index (Phi) is 4.31. The molecule has 1 aliphatic rings. The van der Waals surface area contributed by atoms with Crippen molar-refractivity contribution >= 4 is 49.2 Å². The lowest BCUT2D eigenvalue weighted by molar-refractivity contribution is -0.118. The first-order chi connectivity index (χ1) is 10.5. The van der Waals surface area contributed by atoms with E-state index in [0.717, 1.165) is 10.0 Å². The van der Waals surface area contributed by atoms with Crippen LogP contribution >= 0.6 is 31.9 Å². The monoisotopic (exact) mass is 423 g/mol. The van der Waals surface area contributed by atoms with Crippen molar-refractivity contribution in [3.05, 3.63) is 58.1 Å². The molecule has 4 nitrogen and oxygen atoms in total. The summed E-state index contributed by atoms with van der Waals surface area (Å²) in [6.07, 6.45) is 0. The topological polar surface area (TPSA) is 55.4 Å². The minimum Gasteiger partial charge on any atom is -0.482 e. The second-order valence-corrected chi connectivity index (χ2v) is 6.66. The fourth-order valence-electron chi connectivity index (χ4n) is 2.20. The van der Waals surface area contributed by atoms with Gasteiger partial charge in [0.05, 0.1) is 5.69 Å². The number of carbonyl (C=O) groups is 2. The van der Waals surface area contributed by atoms with Crippen molar-refractivity contribution in [3.8, 4) is 5.75 Å². The van der Waals surface area contributed by atoms with E-state index in [9.17, 15) is 9.59 Å². The first-order valence-electron chi connectivity index (χ1n) is 6.55. The Hall–Kier alpha value is -1.66. The van der Waals surface area contributed by atoms with E-state index in [1.54, 1.807) is 18.2 Å². The molecule has 3 rings (SSSR count). The minimum atomic E-state index is -0.455. The van der Waals surface area contributed by atoms with Gasteiger partial charge in [-0.3, -0.25) is 9.59 Å². The van der Waals surface area contributed by atoms with E-state index < -0.39 is 4.83 Å². The molecule has 6 heteroatoms. The van der Waals surface area contributed by atoms with Crippen LogP contribution in [-0.2, 0) is 4.79 Å². The molecule has 0 saturated carbocycles. The summed E-state index contributed by atoms with van der Waals surface area (Å²) in [4.78, 5) is 23.5. The first kappa shape index (κ1) is 15.2. The molecule has 22 heavy (non-hydrogen) atoms. The van der Waals surface area contributed by atoms with Crippen LogP contribution in [0.1, 0.15) is 20.7 Å². The molecule has 1 unspecified atom stereocenters. The molecule has 1 amide bonds. The van der Waals surface area contributed by atoms with Gasteiger partial charge in [-0.1, -0.05) is 44.0 Å². The van der Waals surface area contributed by atoms with Crippen LogP contribution in [0.2, 0.25) is 0 Å². The Balaban J connectivity index is 1.89. The number of benzene rings is 2. The van der Waals surface area contributed by atoms with E-state index in [1.165, 1.54) is 0 Å². The van der Waals surface area contributed by atoms with Crippen LogP contribution < -0.4 is 10.1 Å². The highest BCUT2D eigenvalue weighted by Crippen LogP contribution is 2.33. The summed E-state index contributed by atoms with van der Waals surface area (Å²) in [5.41, 5.74) is 1.89. The molecule has 0 spiro atoms. The van der Waals surface area contributed by atoms with Gasteiger partial charge >= 0.3 is 0 Å². The Morgan fingerprint density at radius 3 is 2.82 bits per heavy atom. The van der Waals surface area contributed by atoms with Crippen LogP contribution in [0.25, 0.3) is 0 Å². The number of amides is 1. The fourth-order valence-corrected chi connectivity index (χ4v) is 3.16. The molecule has 0 aliphatic carbocycles. The number of alkyl halides is 1. The number of halogens is 2. The zero-order valence-corrected chi connectivity index (χ0v) is 14.5. The number of carbonyl (C=O) groups excluding carboxylic acids is 2. The lowest BCUT2D eigenvalue weighted by atomic mass is 10.0. The van der Waals surface area contributed by atoms with Crippen molar-refractivity contribution in [1.29, 1.82) is 0 Å². The summed E-state index contributed by atoms with van der Waals surface area (Å²) in [6.45, 7) is -0.000591. The van der Waals surface area contributed by atoms with E-state index in [0.29, 0.717) is 17.0 Å². The molecule has 0 aromatic heterocycles. The minimum absolute atomic E-state index is 0.000591. The third-order valence-electron chi connectivity index (χ3n) is 3.27. The average Bonchev–Trinajstić information content (AvgIpc) is 2.52. The molecule has 1 aliphatic heterocycles. The molecule has 2 aromatic carbocycles. The highest BCUT2D eigenvalue weighted by Gasteiger charge is 2.22. The quantitative estimate of drug-likeness (QED) is 0.596. The standard InChI is InChI=1S/C16H11Br2NO3/c17-11-3-1-2-9(6-11)15(18)16(21)10-4-5-13-12(7-10)19-14(20)8-22-13/h1-7,15H,8H2,(H,19,20). The van der Waals surface area contributed by atoms with Crippen molar-refractivity contribution in [1.82, 2.24) is 0 Å². The summed E-state index contributed by atoms with van der Waals surface area (Å²) in [5, 5.41) is 2.70. The highest BCUT2D eigenvalue weighted by molar-refractivity contribution is 9.10. The summed E-state index contributed by atoms with van der Waals surface area (Å²) in [5.74, 6) is 0.268. The molecular weight excluding hydrogens is 414 g/mol. The SMILES string of the molecule is O=C1COc2ccc(C(=O)C(Br)c3cccc(Br)c3)cc2N1. The number of ether oxygens (including phenoxy) is 1. The summed E-state index contributed by atoms with van der Waals surface area (Å²) in [6, 6.07) is 12.6. The molecule has 0 radical (unpaired) electrons. The molecule has 0 fully saturated rings. The van der Waals surface area contributed by atoms with E-state index in [-0.39, 0.29) is 18.3 Å². The lowest BCUT2D eigenvalue weighted by Crippen LogP contribution is -2.25. The van der Waals surface area contributed by atoms with Gasteiger partial charge < -0.3 is 10.1 Å². The number of Topliss-reactive ketones (excluding diaryl/α,β-unsaturated/α-hetero) is 1. The molecule has 2 aromatic rings. The predicted octanol–water partition coefficient (Wildman–Crippen LogP) is 4.10. The van der Waals surface area contributed by atoms with Gasteiger partial charge in [0.25, 0.3) is 5.91 Å². The third-order valence-corrected chi connectivity index (χ3v) is 4.71. The van der Waals surface area contributed by atoms with Crippen LogP contribution in [0.15, 0.2) is 46.9 Å². The van der Waals surface area contributed by atoms with Crippen LogP contribution in [0.4, 0.5) is 5.69 Å². The van der Waals surface area contributed by atoms with Gasteiger partial charge in [-0.2, -0.15) is 0 Å². The van der Waals surface area contributed by atoms with Crippen LogP contribution in [-0.4, -0.2) is 18.3 Å². The number of ketones is 1. The molecule has 1 heterocycles. The highest BCUT2D eigenvalue weighted by atomic mass is 79.9. The number of nitrogens with one attached hydrogen (secondary N) is 1. The van der Waals surface area contributed by atoms with Gasteiger partial charge in [-0.05, 0) is 35.9 Å². The van der Waals surface area contributed by atoms with E-state index in [2.05, 4.69) is 37.2 Å². The van der Waals surface area contributed by atoms with Gasteiger partial charge in [0.15, 0.2) is 12.4 Å². The normalized spacial score (nSPS) is 14.5. The average molecular weight is 425 g/mol. The Bertz CT molecular complexity index is 761. The van der Waals surface area contributed by atoms with Gasteiger partial charge in [0.2, 0.25) is 0 Å². The Labute approximate surface area is 144 Å². The van der Waals surface area contributed by atoms with Crippen LogP contribution in [0.3, 0.4) is 0 Å². The molecule has 1 atom stereocenters. The van der Waals surface area contributed by atoms with Crippen molar-refractivity contribution in [2.75, 3.05) is 11.9 Å². The second-order valence-electron chi connectivity index (χ2n) is 4.83. The van der Waals surface area contributed by atoms with Gasteiger partial charge in [0, 0.05) is 10.0 Å². The van der Waals surface area contributed by atoms with Crippen LogP contribution in [0, 0.1) is 0 Å². The van der Waals surface area contributed by atoms with Crippen molar-refractivity contribution < 1.29 is 14.3 Å². The Morgan fingerprint density at radius 1 is 1.23 bits per heavy atom. The third kappa shape index (κ3) is 3.08. The molecular formula is C16H11Br2NO3. The van der Waals surface area contributed by atoms with Gasteiger partial charge in [0.1, 0.15) is 10.6 Å². The first-order valence-corrected chi connectivity index (χ1v) is 8.26. The molecule has 1 N–H and O–H groups in total. The van der Waals surface area contributed by atoms with E-state index >= 15 is 0 Å². The number of hydrogen-bond donors (Lipinski definition) is 1. The van der Waals surface area contributed by atoms with Crippen LogP contribution in [0.5, 0.6) is 5.75 Å². The fraction of sp³-hybridized carbons (Fsp3) is 0.125. The van der Waals surface area contributed by atoms with E-state index in [1.807, 2.05) is 24.3 Å². The number of fused-ring (bicyclic) bond motifs is 1. The molecule has 0 bridgehead atoms. The zero-order valence-electron chi connectivity index (χ0n) is 11.3. The maximum atomic E-state index is 12.6.